The van der Waals surface area contributed by atoms with Crippen LogP contribution in [0.5, 0.6) is 0 Å². The Hall–Kier alpha value is -1.76. The van der Waals surface area contributed by atoms with E-state index < -0.39 is 18.4 Å². The van der Waals surface area contributed by atoms with E-state index in [9.17, 15) is 18.0 Å². The van der Waals surface area contributed by atoms with Gasteiger partial charge in [-0.15, -0.1) is 0 Å². The Morgan fingerprint density at radius 1 is 1.27 bits per heavy atom. The van der Waals surface area contributed by atoms with E-state index in [0.717, 1.165) is 18.4 Å². The third-order valence-corrected chi connectivity index (χ3v) is 3.60. The van der Waals surface area contributed by atoms with Crippen molar-refractivity contribution in [1.82, 2.24) is 10.2 Å². The van der Waals surface area contributed by atoms with Crippen molar-refractivity contribution in [2.75, 3.05) is 13.1 Å². The van der Waals surface area contributed by atoms with Crippen LogP contribution in [0, 0.1) is 0 Å². The number of ether oxygens (including phenoxy) is 1. The van der Waals surface area contributed by atoms with E-state index in [0.29, 0.717) is 13.0 Å². The number of hydrogen-bond donors (Lipinski definition) is 1. The normalized spacial score (nSPS) is 19.0. The molecule has 4 nitrogen and oxygen atoms in total. The molecule has 1 amide bonds. The van der Waals surface area contributed by atoms with Gasteiger partial charge in [0.25, 0.3) is 0 Å². The minimum Gasteiger partial charge on any atom is -0.445 e. The van der Waals surface area contributed by atoms with Gasteiger partial charge in [0.05, 0.1) is 0 Å². The van der Waals surface area contributed by atoms with E-state index in [1.54, 1.807) is 0 Å². The summed E-state index contributed by atoms with van der Waals surface area (Å²) in [5, 5.41) is 1.50. The summed E-state index contributed by atoms with van der Waals surface area (Å²) in [4.78, 5) is 13.5. The monoisotopic (exact) mass is 316 g/mol. The lowest BCUT2D eigenvalue weighted by Gasteiger charge is -2.35. The molecule has 1 aromatic rings. The summed E-state index contributed by atoms with van der Waals surface area (Å²) >= 11 is 0. The molecule has 1 aliphatic heterocycles. The average molecular weight is 316 g/mol. The van der Waals surface area contributed by atoms with E-state index in [1.807, 2.05) is 30.3 Å². The van der Waals surface area contributed by atoms with Crippen molar-refractivity contribution in [3.63, 3.8) is 0 Å². The SMILES string of the molecule is O=C(OCc1ccccc1)N1CCCCC1CNC(F)(F)F. The molecule has 122 valence electrons. The van der Waals surface area contributed by atoms with Crippen molar-refractivity contribution >= 4 is 6.09 Å². The lowest BCUT2D eigenvalue weighted by atomic mass is 10.0. The number of benzene rings is 1. The van der Waals surface area contributed by atoms with Crippen LogP contribution in [0.25, 0.3) is 0 Å². The Morgan fingerprint density at radius 2 is 2.00 bits per heavy atom. The number of carbonyl (C=O) groups excluding carboxylic acids is 1. The van der Waals surface area contributed by atoms with Gasteiger partial charge in [0.2, 0.25) is 0 Å². The van der Waals surface area contributed by atoms with Gasteiger partial charge in [-0.2, -0.15) is 13.2 Å². The number of nitrogens with zero attached hydrogens (tertiary/aromatic N) is 1. The zero-order chi connectivity index (χ0) is 16.0. The van der Waals surface area contributed by atoms with Gasteiger partial charge in [0.1, 0.15) is 6.61 Å². The first-order valence-electron chi connectivity index (χ1n) is 7.25. The zero-order valence-electron chi connectivity index (χ0n) is 12.1. The number of hydrogen-bond acceptors (Lipinski definition) is 3. The van der Waals surface area contributed by atoms with Gasteiger partial charge in [-0.05, 0) is 24.8 Å². The first kappa shape index (κ1) is 16.6. The maximum Gasteiger partial charge on any atom is 0.457 e. The van der Waals surface area contributed by atoms with E-state index in [1.165, 1.54) is 10.2 Å². The third kappa shape index (κ3) is 5.22. The number of amides is 1. The molecule has 2 rings (SSSR count). The van der Waals surface area contributed by atoms with Crippen LogP contribution in [0.2, 0.25) is 0 Å². The number of likely N-dealkylation sites (tertiary alicyclic amines) is 1. The summed E-state index contributed by atoms with van der Waals surface area (Å²) in [5.74, 6) is 0. The Labute approximate surface area is 127 Å². The quantitative estimate of drug-likeness (QED) is 0.867. The molecular weight excluding hydrogens is 297 g/mol. The van der Waals surface area contributed by atoms with Crippen LogP contribution in [-0.4, -0.2) is 36.4 Å². The lowest BCUT2D eigenvalue weighted by molar-refractivity contribution is -0.159. The van der Waals surface area contributed by atoms with Crippen molar-refractivity contribution < 1.29 is 22.7 Å². The number of halogens is 3. The molecule has 1 aliphatic rings. The highest BCUT2D eigenvalue weighted by molar-refractivity contribution is 5.68. The van der Waals surface area contributed by atoms with Crippen molar-refractivity contribution in [2.24, 2.45) is 0 Å². The molecule has 0 aliphatic carbocycles. The molecule has 1 heterocycles. The molecule has 0 radical (unpaired) electrons. The molecule has 22 heavy (non-hydrogen) atoms. The van der Waals surface area contributed by atoms with Crippen molar-refractivity contribution in [1.29, 1.82) is 0 Å². The van der Waals surface area contributed by atoms with Gasteiger partial charge >= 0.3 is 12.4 Å². The van der Waals surface area contributed by atoms with Crippen LogP contribution < -0.4 is 5.32 Å². The Bertz CT molecular complexity index is 479. The topological polar surface area (TPSA) is 41.6 Å². The summed E-state index contributed by atoms with van der Waals surface area (Å²) in [5.41, 5.74) is 0.845. The average Bonchev–Trinajstić information content (AvgIpc) is 2.51. The highest BCUT2D eigenvalue weighted by atomic mass is 19.4. The minimum absolute atomic E-state index is 0.121. The first-order valence-corrected chi connectivity index (χ1v) is 7.25. The van der Waals surface area contributed by atoms with Gasteiger partial charge in [0, 0.05) is 19.1 Å². The van der Waals surface area contributed by atoms with Crippen molar-refractivity contribution in [3.8, 4) is 0 Å². The van der Waals surface area contributed by atoms with Gasteiger partial charge < -0.3 is 9.64 Å². The maximum atomic E-state index is 12.3. The molecule has 1 fully saturated rings. The number of alkyl halides is 3. The van der Waals surface area contributed by atoms with Crippen LogP contribution in [0.1, 0.15) is 24.8 Å². The molecule has 1 saturated heterocycles. The molecule has 1 atom stereocenters. The summed E-state index contributed by atoms with van der Waals surface area (Å²) in [6.07, 6.45) is -2.85. The fraction of sp³-hybridized carbons (Fsp3) is 0.533. The second-order valence-electron chi connectivity index (χ2n) is 5.26. The van der Waals surface area contributed by atoms with E-state index in [-0.39, 0.29) is 13.2 Å². The predicted octanol–water partition coefficient (Wildman–Crippen LogP) is 3.29. The van der Waals surface area contributed by atoms with Crippen LogP contribution in [0.15, 0.2) is 30.3 Å². The molecule has 0 saturated carbocycles. The molecule has 7 heteroatoms. The number of carbonyl (C=O) groups is 1. The number of nitrogens with one attached hydrogen (secondary N) is 1. The largest absolute Gasteiger partial charge is 0.457 e. The van der Waals surface area contributed by atoms with Gasteiger partial charge in [0.15, 0.2) is 0 Å². The second kappa shape index (κ2) is 7.49. The third-order valence-electron chi connectivity index (χ3n) is 3.60. The number of piperidine rings is 1. The Kier molecular flexibility index (Phi) is 5.65. The summed E-state index contributed by atoms with van der Waals surface area (Å²) in [7, 11) is 0. The smallest absolute Gasteiger partial charge is 0.445 e. The second-order valence-corrected chi connectivity index (χ2v) is 5.26. The Morgan fingerprint density at radius 3 is 2.68 bits per heavy atom. The minimum atomic E-state index is -4.43. The van der Waals surface area contributed by atoms with Crippen molar-refractivity contribution in [3.05, 3.63) is 35.9 Å². The lowest BCUT2D eigenvalue weighted by Crippen LogP contribution is -2.50. The summed E-state index contributed by atoms with van der Waals surface area (Å²) in [6, 6.07) is 8.69. The fourth-order valence-corrected chi connectivity index (χ4v) is 2.49. The van der Waals surface area contributed by atoms with E-state index in [2.05, 4.69) is 0 Å². The van der Waals surface area contributed by atoms with Gasteiger partial charge in [-0.25, -0.2) is 10.1 Å². The van der Waals surface area contributed by atoms with E-state index in [4.69, 9.17) is 4.74 Å². The molecule has 1 N–H and O–H groups in total. The summed E-state index contributed by atoms with van der Waals surface area (Å²) < 4.78 is 42.0. The molecule has 1 unspecified atom stereocenters. The highest BCUT2D eigenvalue weighted by Gasteiger charge is 2.32. The van der Waals surface area contributed by atoms with Crippen LogP contribution in [-0.2, 0) is 11.3 Å². The van der Waals surface area contributed by atoms with Gasteiger partial charge in [-0.1, -0.05) is 30.3 Å². The highest BCUT2D eigenvalue weighted by Crippen LogP contribution is 2.19. The number of rotatable bonds is 4. The van der Waals surface area contributed by atoms with Crippen LogP contribution >= 0.6 is 0 Å². The van der Waals surface area contributed by atoms with E-state index >= 15 is 0 Å². The van der Waals surface area contributed by atoms with Crippen LogP contribution in [0.3, 0.4) is 0 Å². The summed E-state index contributed by atoms with van der Waals surface area (Å²) in [6.45, 7) is 0.247. The standard InChI is InChI=1S/C15H19F3N2O2/c16-15(17,18)19-10-13-8-4-5-9-20(13)14(21)22-11-12-6-2-1-3-7-12/h1-3,6-7,13,19H,4-5,8-11H2. The maximum absolute atomic E-state index is 12.3. The molecular formula is C15H19F3N2O2. The first-order chi connectivity index (χ1) is 10.5. The molecule has 0 spiro atoms. The Balaban J connectivity index is 1.87. The van der Waals surface area contributed by atoms with Gasteiger partial charge in [-0.3, -0.25) is 0 Å². The molecule has 1 aromatic carbocycles. The fourth-order valence-electron chi connectivity index (χ4n) is 2.49. The zero-order valence-corrected chi connectivity index (χ0v) is 12.1. The molecule has 0 bridgehead atoms. The predicted molar refractivity (Wildman–Crippen MR) is 75.0 cm³/mol. The van der Waals surface area contributed by atoms with Crippen molar-refractivity contribution in [2.45, 2.75) is 38.2 Å². The molecule has 0 aromatic heterocycles. The van der Waals surface area contributed by atoms with Crippen LogP contribution in [0.4, 0.5) is 18.0 Å².